The van der Waals surface area contributed by atoms with E-state index in [0.29, 0.717) is 12.8 Å². The number of rotatable bonds is 39. The Balaban J connectivity index is 3.58. The second-order valence-electron chi connectivity index (χ2n) is 14.4. The molecular weight excluding hydrogens is 633 g/mol. The number of unbranched alkanes of at least 4 members (excludes halogenated alkanes) is 23. The first kappa shape index (κ1) is 48.9. The molecule has 1 atom stereocenters. The minimum atomic E-state index is -0.794. The van der Waals surface area contributed by atoms with Gasteiger partial charge < -0.3 is 14.6 Å². The highest BCUT2D eigenvalue weighted by atomic mass is 16.6. The summed E-state index contributed by atoms with van der Waals surface area (Å²) in [5.74, 6) is -0.655. The number of aliphatic hydroxyl groups excluding tert-OH is 1. The van der Waals surface area contributed by atoms with Gasteiger partial charge in [-0.2, -0.15) is 0 Å². The van der Waals surface area contributed by atoms with Gasteiger partial charge in [-0.1, -0.05) is 178 Å². The van der Waals surface area contributed by atoms with Crippen LogP contribution in [0.2, 0.25) is 0 Å². The highest BCUT2D eigenvalue weighted by Gasteiger charge is 2.16. The van der Waals surface area contributed by atoms with Gasteiger partial charge in [0.05, 0.1) is 6.61 Å². The third kappa shape index (κ3) is 40.5. The summed E-state index contributed by atoms with van der Waals surface area (Å²) in [4.78, 5) is 24.3. The minimum Gasteiger partial charge on any atom is -0.462 e. The Labute approximate surface area is 316 Å². The monoisotopic (exact) mass is 715 g/mol. The van der Waals surface area contributed by atoms with Gasteiger partial charge in [0, 0.05) is 12.8 Å². The summed E-state index contributed by atoms with van der Waals surface area (Å²) in [5, 5.41) is 9.56. The third-order valence-corrected chi connectivity index (χ3v) is 9.32. The standard InChI is InChI=1S/C46H82O5/c1-3-5-7-9-11-13-15-17-19-20-21-22-23-24-25-26-27-29-30-32-34-36-38-40-45(48)50-43-44(42-47)51-46(49)41-39-37-35-33-31-28-18-16-14-12-10-8-6-4-2/h10,12,16,18,26-27,32,34,44,47H,3-9,11,13-15,17,19-25,28-31,33,35-43H2,1-2H3/b12-10+,18-16+,27-26+,34-32+/t44-/m0/s1. The van der Waals surface area contributed by atoms with Gasteiger partial charge in [-0.15, -0.1) is 0 Å². The fourth-order valence-corrected chi connectivity index (χ4v) is 6.00. The van der Waals surface area contributed by atoms with E-state index in [1.54, 1.807) is 0 Å². The van der Waals surface area contributed by atoms with Gasteiger partial charge in [0.25, 0.3) is 0 Å². The molecule has 51 heavy (non-hydrogen) atoms. The number of hydrogen-bond acceptors (Lipinski definition) is 5. The molecule has 0 aromatic carbocycles. The summed E-state index contributed by atoms with van der Waals surface area (Å²) < 4.78 is 10.6. The first-order chi connectivity index (χ1) is 25.1. The van der Waals surface area contributed by atoms with Crippen LogP contribution in [0.1, 0.15) is 213 Å². The van der Waals surface area contributed by atoms with Crippen molar-refractivity contribution in [3.05, 3.63) is 48.6 Å². The Bertz CT molecular complexity index is 858. The van der Waals surface area contributed by atoms with Crippen molar-refractivity contribution in [2.24, 2.45) is 0 Å². The molecule has 0 aliphatic carbocycles. The van der Waals surface area contributed by atoms with Crippen LogP contribution in [0.15, 0.2) is 48.6 Å². The zero-order chi connectivity index (χ0) is 37.1. The van der Waals surface area contributed by atoms with E-state index in [1.807, 2.05) is 0 Å². The van der Waals surface area contributed by atoms with Gasteiger partial charge in [0.1, 0.15) is 6.61 Å². The van der Waals surface area contributed by atoms with Crippen LogP contribution in [-0.2, 0) is 19.1 Å². The molecule has 0 saturated carbocycles. The molecule has 0 saturated heterocycles. The number of carbonyl (C=O) groups excluding carboxylic acids is 2. The molecule has 0 aromatic rings. The fourth-order valence-electron chi connectivity index (χ4n) is 6.00. The Morgan fingerprint density at radius 3 is 1.35 bits per heavy atom. The molecule has 0 aliphatic rings. The van der Waals surface area contributed by atoms with E-state index in [1.165, 1.54) is 122 Å². The molecule has 0 aromatic heterocycles. The normalized spacial score (nSPS) is 12.6. The molecule has 296 valence electrons. The van der Waals surface area contributed by atoms with Gasteiger partial charge in [-0.25, -0.2) is 0 Å². The van der Waals surface area contributed by atoms with E-state index in [9.17, 15) is 14.7 Å². The molecule has 0 radical (unpaired) electrons. The van der Waals surface area contributed by atoms with E-state index >= 15 is 0 Å². The van der Waals surface area contributed by atoms with Gasteiger partial charge in [0.2, 0.25) is 0 Å². The summed E-state index contributed by atoms with van der Waals surface area (Å²) >= 11 is 0. The van der Waals surface area contributed by atoms with Crippen molar-refractivity contribution in [3.63, 3.8) is 0 Å². The van der Waals surface area contributed by atoms with Gasteiger partial charge in [-0.3, -0.25) is 9.59 Å². The lowest BCUT2D eigenvalue weighted by Crippen LogP contribution is -2.28. The zero-order valence-corrected chi connectivity index (χ0v) is 33.6. The van der Waals surface area contributed by atoms with E-state index in [0.717, 1.165) is 64.2 Å². The van der Waals surface area contributed by atoms with Crippen molar-refractivity contribution in [2.45, 2.75) is 219 Å². The SMILES string of the molecule is CCCC/C=C/C/C=C/CCCCCCCC(=O)O[C@@H](CO)COC(=O)CCC/C=C/CC/C=C/CCCCCCCCCCCCCCCC. The van der Waals surface area contributed by atoms with Gasteiger partial charge >= 0.3 is 11.9 Å². The van der Waals surface area contributed by atoms with Crippen molar-refractivity contribution in [3.8, 4) is 0 Å². The molecule has 0 bridgehead atoms. The van der Waals surface area contributed by atoms with Crippen molar-refractivity contribution < 1.29 is 24.2 Å². The van der Waals surface area contributed by atoms with E-state index in [2.05, 4.69) is 62.5 Å². The average Bonchev–Trinajstić information content (AvgIpc) is 3.13. The molecule has 0 rings (SSSR count). The lowest BCUT2D eigenvalue weighted by molar-refractivity contribution is -0.161. The number of carbonyl (C=O) groups is 2. The van der Waals surface area contributed by atoms with Crippen molar-refractivity contribution in [2.75, 3.05) is 13.2 Å². The molecule has 0 fully saturated rings. The molecule has 5 heteroatoms. The summed E-state index contributed by atoms with van der Waals surface area (Å²) in [6, 6.07) is 0. The summed E-state index contributed by atoms with van der Waals surface area (Å²) in [6.07, 6.45) is 53.4. The van der Waals surface area contributed by atoms with Crippen LogP contribution < -0.4 is 0 Å². The largest absolute Gasteiger partial charge is 0.462 e. The first-order valence-electron chi connectivity index (χ1n) is 21.7. The molecule has 0 spiro atoms. The van der Waals surface area contributed by atoms with E-state index in [4.69, 9.17) is 9.47 Å². The minimum absolute atomic E-state index is 0.0926. The van der Waals surface area contributed by atoms with Crippen molar-refractivity contribution in [1.82, 2.24) is 0 Å². The number of esters is 2. The fraction of sp³-hybridized carbons (Fsp3) is 0.783. The predicted octanol–water partition coefficient (Wildman–Crippen LogP) is 13.8. The van der Waals surface area contributed by atoms with Crippen molar-refractivity contribution >= 4 is 11.9 Å². The van der Waals surface area contributed by atoms with Crippen LogP contribution >= 0.6 is 0 Å². The second-order valence-corrected chi connectivity index (χ2v) is 14.4. The van der Waals surface area contributed by atoms with E-state index in [-0.39, 0.29) is 25.2 Å². The van der Waals surface area contributed by atoms with Gasteiger partial charge in [0.15, 0.2) is 6.10 Å². The number of hydrogen-bond donors (Lipinski definition) is 1. The maximum absolute atomic E-state index is 12.2. The number of ether oxygens (including phenoxy) is 2. The second kappa shape index (κ2) is 42.3. The molecule has 0 unspecified atom stereocenters. The molecule has 0 amide bonds. The quantitative estimate of drug-likeness (QED) is 0.0390. The number of aliphatic hydroxyl groups is 1. The summed E-state index contributed by atoms with van der Waals surface area (Å²) in [5.41, 5.74) is 0. The summed E-state index contributed by atoms with van der Waals surface area (Å²) in [6.45, 7) is 4.06. The van der Waals surface area contributed by atoms with E-state index < -0.39 is 6.10 Å². The van der Waals surface area contributed by atoms with Crippen LogP contribution in [0.25, 0.3) is 0 Å². The topological polar surface area (TPSA) is 72.8 Å². The predicted molar refractivity (Wildman–Crippen MR) is 219 cm³/mol. The lowest BCUT2D eigenvalue weighted by Gasteiger charge is -2.15. The highest BCUT2D eigenvalue weighted by Crippen LogP contribution is 2.14. The Morgan fingerprint density at radius 2 is 0.843 bits per heavy atom. The number of allylic oxidation sites excluding steroid dienone is 8. The van der Waals surface area contributed by atoms with Crippen LogP contribution in [-0.4, -0.2) is 36.4 Å². The Morgan fingerprint density at radius 1 is 0.451 bits per heavy atom. The first-order valence-corrected chi connectivity index (χ1v) is 21.7. The highest BCUT2D eigenvalue weighted by molar-refractivity contribution is 5.70. The molecular formula is C46H82O5. The molecule has 0 heterocycles. The summed E-state index contributed by atoms with van der Waals surface area (Å²) in [7, 11) is 0. The Hall–Kier alpha value is -2.14. The van der Waals surface area contributed by atoms with Crippen LogP contribution in [0.3, 0.4) is 0 Å². The Kier molecular flexibility index (Phi) is 40.5. The molecule has 5 nitrogen and oxygen atoms in total. The molecule has 0 aliphatic heterocycles. The third-order valence-electron chi connectivity index (χ3n) is 9.32. The zero-order valence-electron chi connectivity index (χ0n) is 33.6. The maximum atomic E-state index is 12.2. The average molecular weight is 715 g/mol. The van der Waals surface area contributed by atoms with Crippen LogP contribution in [0.4, 0.5) is 0 Å². The van der Waals surface area contributed by atoms with Gasteiger partial charge in [-0.05, 0) is 70.6 Å². The van der Waals surface area contributed by atoms with Crippen LogP contribution in [0.5, 0.6) is 0 Å². The smallest absolute Gasteiger partial charge is 0.306 e. The van der Waals surface area contributed by atoms with Crippen LogP contribution in [0, 0.1) is 0 Å². The maximum Gasteiger partial charge on any atom is 0.306 e. The van der Waals surface area contributed by atoms with Crippen molar-refractivity contribution in [1.29, 1.82) is 0 Å². The lowest BCUT2D eigenvalue weighted by atomic mass is 10.0. The molecule has 1 N–H and O–H groups in total.